The molecule has 2 atom stereocenters. The molecular formula is C20H26N2O. The van der Waals surface area contributed by atoms with Gasteiger partial charge in [-0.05, 0) is 42.2 Å². The third-order valence-corrected chi connectivity index (χ3v) is 4.86. The van der Waals surface area contributed by atoms with Gasteiger partial charge in [0.25, 0.3) is 0 Å². The van der Waals surface area contributed by atoms with Crippen molar-refractivity contribution in [1.82, 2.24) is 4.90 Å². The van der Waals surface area contributed by atoms with Crippen LogP contribution in [-0.2, 0) is 13.2 Å². The number of ether oxygens (including phenoxy) is 1. The molecule has 2 aromatic carbocycles. The van der Waals surface area contributed by atoms with Crippen LogP contribution in [0.4, 0.5) is 0 Å². The Kier molecular flexibility index (Phi) is 4.99. The average Bonchev–Trinajstić information content (AvgIpc) is 2.98. The van der Waals surface area contributed by atoms with E-state index in [1.807, 2.05) is 18.2 Å². The van der Waals surface area contributed by atoms with Gasteiger partial charge in [-0.25, -0.2) is 0 Å². The molecular weight excluding hydrogens is 284 g/mol. The summed E-state index contributed by atoms with van der Waals surface area (Å²) in [4.78, 5) is 2.51. The van der Waals surface area contributed by atoms with Gasteiger partial charge in [0, 0.05) is 25.2 Å². The molecule has 3 rings (SSSR count). The number of rotatable bonds is 6. The van der Waals surface area contributed by atoms with Crippen LogP contribution in [0.25, 0.3) is 0 Å². The van der Waals surface area contributed by atoms with Gasteiger partial charge < -0.3 is 10.5 Å². The van der Waals surface area contributed by atoms with E-state index in [9.17, 15) is 0 Å². The van der Waals surface area contributed by atoms with Crippen LogP contribution in [0.2, 0.25) is 0 Å². The van der Waals surface area contributed by atoms with E-state index in [4.69, 9.17) is 10.5 Å². The Morgan fingerprint density at radius 3 is 2.70 bits per heavy atom. The van der Waals surface area contributed by atoms with Crippen LogP contribution in [0, 0.1) is 0 Å². The molecule has 2 N–H and O–H groups in total. The maximum atomic E-state index is 6.06. The van der Waals surface area contributed by atoms with E-state index in [1.54, 1.807) is 0 Å². The summed E-state index contributed by atoms with van der Waals surface area (Å²) in [5.41, 5.74) is 9.96. The van der Waals surface area contributed by atoms with Crippen molar-refractivity contribution >= 4 is 0 Å². The van der Waals surface area contributed by atoms with E-state index >= 15 is 0 Å². The minimum Gasteiger partial charge on any atom is -0.489 e. The SMILES string of the molecule is CCC(C)N1Cc2ccc(OCc3ccccc3)cc2C1CN. The number of nitrogens with two attached hydrogens (primary N) is 1. The predicted molar refractivity (Wildman–Crippen MR) is 94.3 cm³/mol. The van der Waals surface area contributed by atoms with Gasteiger partial charge in [-0.3, -0.25) is 4.90 Å². The van der Waals surface area contributed by atoms with Crippen molar-refractivity contribution in [3.05, 3.63) is 65.2 Å². The highest BCUT2D eigenvalue weighted by Crippen LogP contribution is 2.37. The topological polar surface area (TPSA) is 38.5 Å². The van der Waals surface area contributed by atoms with Gasteiger partial charge in [-0.2, -0.15) is 0 Å². The first-order valence-electron chi connectivity index (χ1n) is 8.48. The van der Waals surface area contributed by atoms with Crippen molar-refractivity contribution in [1.29, 1.82) is 0 Å². The molecule has 0 aromatic heterocycles. The third kappa shape index (κ3) is 3.41. The van der Waals surface area contributed by atoms with Gasteiger partial charge >= 0.3 is 0 Å². The zero-order chi connectivity index (χ0) is 16.2. The fourth-order valence-corrected chi connectivity index (χ4v) is 3.30. The molecule has 23 heavy (non-hydrogen) atoms. The molecule has 0 saturated heterocycles. The van der Waals surface area contributed by atoms with Gasteiger partial charge in [-0.15, -0.1) is 0 Å². The molecule has 0 radical (unpaired) electrons. The Hall–Kier alpha value is -1.84. The first-order chi connectivity index (χ1) is 11.2. The van der Waals surface area contributed by atoms with Crippen molar-refractivity contribution in [2.24, 2.45) is 5.73 Å². The van der Waals surface area contributed by atoms with Crippen LogP contribution in [0.5, 0.6) is 5.75 Å². The van der Waals surface area contributed by atoms with Crippen LogP contribution in [0.3, 0.4) is 0 Å². The smallest absolute Gasteiger partial charge is 0.120 e. The maximum absolute atomic E-state index is 6.06. The van der Waals surface area contributed by atoms with Crippen LogP contribution in [0.15, 0.2) is 48.5 Å². The highest BCUT2D eigenvalue weighted by molar-refractivity contribution is 5.41. The van der Waals surface area contributed by atoms with E-state index in [0.29, 0.717) is 25.2 Å². The summed E-state index contributed by atoms with van der Waals surface area (Å²) >= 11 is 0. The Bertz CT molecular complexity index is 641. The average molecular weight is 310 g/mol. The summed E-state index contributed by atoms with van der Waals surface area (Å²) in [6.07, 6.45) is 1.14. The zero-order valence-corrected chi connectivity index (χ0v) is 14.0. The summed E-state index contributed by atoms with van der Waals surface area (Å²) in [5.74, 6) is 0.928. The van der Waals surface area contributed by atoms with Gasteiger partial charge in [0.05, 0.1) is 0 Å². The molecule has 2 aromatic rings. The number of fused-ring (bicyclic) bond motifs is 1. The molecule has 0 spiro atoms. The van der Waals surface area contributed by atoms with E-state index in [0.717, 1.165) is 18.7 Å². The second kappa shape index (κ2) is 7.16. The first-order valence-corrected chi connectivity index (χ1v) is 8.48. The molecule has 1 aliphatic rings. The fourth-order valence-electron chi connectivity index (χ4n) is 3.30. The van der Waals surface area contributed by atoms with Crippen LogP contribution >= 0.6 is 0 Å². The summed E-state index contributed by atoms with van der Waals surface area (Å²) < 4.78 is 5.97. The van der Waals surface area contributed by atoms with Crippen molar-refractivity contribution < 1.29 is 4.74 Å². The molecule has 1 heterocycles. The maximum Gasteiger partial charge on any atom is 0.120 e. The predicted octanol–water partition coefficient (Wildman–Crippen LogP) is 3.88. The largest absolute Gasteiger partial charge is 0.489 e. The standard InChI is InChI=1S/C20H26N2O/c1-3-15(2)22-13-17-9-10-18(11-19(17)20(22)12-21)23-14-16-7-5-4-6-8-16/h4-11,15,20H,3,12-14,21H2,1-2H3. The minimum absolute atomic E-state index is 0.306. The van der Waals surface area contributed by atoms with E-state index in [2.05, 4.69) is 49.1 Å². The first kappa shape index (κ1) is 16.0. The Labute approximate surface area is 139 Å². The lowest BCUT2D eigenvalue weighted by atomic mass is 10.0. The second-order valence-corrected chi connectivity index (χ2v) is 6.32. The molecule has 1 aliphatic heterocycles. The molecule has 0 bridgehead atoms. The summed E-state index contributed by atoms with van der Waals surface area (Å²) in [5, 5.41) is 0. The van der Waals surface area contributed by atoms with Crippen LogP contribution in [-0.4, -0.2) is 17.5 Å². The molecule has 3 nitrogen and oxygen atoms in total. The Morgan fingerprint density at radius 1 is 1.22 bits per heavy atom. The van der Waals surface area contributed by atoms with Crippen LogP contribution in [0.1, 0.15) is 43.0 Å². The van der Waals surface area contributed by atoms with Gasteiger partial charge in [-0.1, -0.05) is 43.3 Å². The lowest BCUT2D eigenvalue weighted by Gasteiger charge is -2.29. The molecule has 0 fully saturated rings. The monoisotopic (exact) mass is 310 g/mol. The lowest BCUT2D eigenvalue weighted by molar-refractivity contribution is 0.157. The molecule has 0 aliphatic carbocycles. The lowest BCUT2D eigenvalue weighted by Crippen LogP contribution is -2.34. The normalized spacial score (nSPS) is 18.7. The summed E-state index contributed by atoms with van der Waals surface area (Å²) in [7, 11) is 0. The van der Waals surface area contributed by atoms with Crippen molar-refractivity contribution in [2.45, 2.75) is 45.5 Å². The number of benzene rings is 2. The Balaban J connectivity index is 1.75. The summed E-state index contributed by atoms with van der Waals surface area (Å²) in [6.45, 7) is 6.75. The fraction of sp³-hybridized carbons (Fsp3) is 0.400. The van der Waals surface area contributed by atoms with E-state index < -0.39 is 0 Å². The molecule has 122 valence electrons. The van der Waals surface area contributed by atoms with Crippen LogP contribution < -0.4 is 10.5 Å². The zero-order valence-electron chi connectivity index (χ0n) is 14.0. The molecule has 0 saturated carbocycles. The van der Waals surface area contributed by atoms with E-state index in [1.165, 1.54) is 16.7 Å². The summed E-state index contributed by atoms with van der Waals surface area (Å²) in [6, 6.07) is 17.6. The van der Waals surface area contributed by atoms with Crippen molar-refractivity contribution in [3.8, 4) is 5.75 Å². The number of hydrogen-bond donors (Lipinski definition) is 1. The second-order valence-electron chi connectivity index (χ2n) is 6.32. The van der Waals surface area contributed by atoms with Gasteiger partial charge in [0.15, 0.2) is 0 Å². The molecule has 2 unspecified atom stereocenters. The highest BCUT2D eigenvalue weighted by Gasteiger charge is 2.31. The number of nitrogens with zero attached hydrogens (tertiary/aromatic N) is 1. The van der Waals surface area contributed by atoms with Crippen molar-refractivity contribution in [3.63, 3.8) is 0 Å². The van der Waals surface area contributed by atoms with E-state index in [-0.39, 0.29) is 0 Å². The van der Waals surface area contributed by atoms with Gasteiger partial charge in [0.2, 0.25) is 0 Å². The molecule has 0 amide bonds. The Morgan fingerprint density at radius 2 is 2.00 bits per heavy atom. The number of hydrogen-bond acceptors (Lipinski definition) is 3. The third-order valence-electron chi connectivity index (χ3n) is 4.86. The highest BCUT2D eigenvalue weighted by atomic mass is 16.5. The minimum atomic E-state index is 0.306. The van der Waals surface area contributed by atoms with Crippen molar-refractivity contribution in [2.75, 3.05) is 6.54 Å². The quantitative estimate of drug-likeness (QED) is 0.880. The molecule has 3 heteroatoms. The van der Waals surface area contributed by atoms with Gasteiger partial charge in [0.1, 0.15) is 12.4 Å².